The van der Waals surface area contributed by atoms with E-state index in [1.54, 1.807) is 12.5 Å². The van der Waals surface area contributed by atoms with Crippen LogP contribution in [0.15, 0.2) is 74.4 Å². The first-order valence-corrected chi connectivity index (χ1v) is 9.37. The molecule has 1 aromatic carbocycles. The number of rotatable bonds is 8. The van der Waals surface area contributed by atoms with Gasteiger partial charge in [-0.2, -0.15) is 4.98 Å². The molecule has 0 atom stereocenters. The van der Waals surface area contributed by atoms with Gasteiger partial charge in [-0.25, -0.2) is 0 Å². The molecule has 0 fully saturated rings. The van der Waals surface area contributed by atoms with Crippen LogP contribution in [0, 0.1) is 0 Å². The van der Waals surface area contributed by atoms with Gasteiger partial charge in [0.1, 0.15) is 11.5 Å². The molecule has 6 nitrogen and oxygen atoms in total. The van der Waals surface area contributed by atoms with Crippen LogP contribution >= 0.6 is 0 Å². The molecule has 4 aromatic rings. The molecule has 0 bridgehead atoms. The zero-order valence-corrected chi connectivity index (χ0v) is 16.0. The van der Waals surface area contributed by atoms with Gasteiger partial charge < -0.3 is 13.4 Å². The van der Waals surface area contributed by atoms with Crippen LogP contribution in [0.3, 0.4) is 0 Å². The van der Waals surface area contributed by atoms with Crippen LogP contribution in [0.4, 0.5) is 0 Å². The molecule has 3 aromatic heterocycles. The van der Waals surface area contributed by atoms with Crippen molar-refractivity contribution in [2.45, 2.75) is 39.4 Å². The van der Waals surface area contributed by atoms with Crippen LogP contribution < -0.4 is 0 Å². The molecule has 144 valence electrons. The van der Waals surface area contributed by atoms with Crippen LogP contribution in [0.5, 0.6) is 0 Å². The van der Waals surface area contributed by atoms with E-state index in [9.17, 15) is 0 Å². The van der Waals surface area contributed by atoms with Gasteiger partial charge in [0.15, 0.2) is 0 Å². The fourth-order valence-corrected chi connectivity index (χ4v) is 3.06. The highest BCUT2D eigenvalue weighted by molar-refractivity contribution is 5.54. The summed E-state index contributed by atoms with van der Waals surface area (Å²) in [7, 11) is 0. The van der Waals surface area contributed by atoms with Crippen molar-refractivity contribution < 1.29 is 13.4 Å². The van der Waals surface area contributed by atoms with E-state index in [2.05, 4.69) is 41.0 Å². The third kappa shape index (κ3) is 4.40. The van der Waals surface area contributed by atoms with Gasteiger partial charge in [0, 0.05) is 5.56 Å². The van der Waals surface area contributed by atoms with E-state index < -0.39 is 0 Å². The van der Waals surface area contributed by atoms with E-state index in [-0.39, 0.29) is 0 Å². The highest BCUT2D eigenvalue weighted by Crippen LogP contribution is 2.21. The Morgan fingerprint density at radius 3 is 2.04 bits per heavy atom. The van der Waals surface area contributed by atoms with E-state index in [1.165, 1.54) is 5.56 Å². The van der Waals surface area contributed by atoms with Gasteiger partial charge in [-0.1, -0.05) is 43.3 Å². The molecule has 3 heterocycles. The van der Waals surface area contributed by atoms with Crippen molar-refractivity contribution in [1.29, 1.82) is 0 Å². The van der Waals surface area contributed by atoms with Crippen LogP contribution in [0.25, 0.3) is 11.4 Å². The maximum atomic E-state index is 5.50. The van der Waals surface area contributed by atoms with E-state index >= 15 is 0 Å². The van der Waals surface area contributed by atoms with Crippen molar-refractivity contribution in [2.75, 3.05) is 0 Å². The molecule has 0 unspecified atom stereocenters. The van der Waals surface area contributed by atoms with Gasteiger partial charge in [0.25, 0.3) is 0 Å². The quantitative estimate of drug-likeness (QED) is 0.418. The number of hydrogen-bond donors (Lipinski definition) is 0. The molecule has 0 aliphatic heterocycles. The second-order valence-corrected chi connectivity index (χ2v) is 7.09. The molecule has 0 spiro atoms. The van der Waals surface area contributed by atoms with E-state index in [1.807, 2.05) is 36.4 Å². The van der Waals surface area contributed by atoms with Crippen molar-refractivity contribution >= 4 is 0 Å². The van der Waals surface area contributed by atoms with Gasteiger partial charge in [-0.15, -0.1) is 0 Å². The Morgan fingerprint density at radius 1 is 0.857 bits per heavy atom. The standard InChI is InChI=1S/C22H23N3O3/c1-16(2)17-7-9-18(10-8-17)22-23-21(28-24-22)15-25(13-19-5-3-11-26-19)14-20-6-4-12-27-20/h3-12,16H,13-15H2,1-2H3. The lowest BCUT2D eigenvalue weighted by molar-refractivity contribution is 0.183. The molecule has 0 saturated heterocycles. The third-order valence-corrected chi connectivity index (χ3v) is 4.58. The number of furan rings is 2. The predicted molar refractivity (Wildman–Crippen MR) is 104 cm³/mol. The van der Waals surface area contributed by atoms with Crippen molar-refractivity contribution in [3.8, 4) is 11.4 Å². The summed E-state index contributed by atoms with van der Waals surface area (Å²) in [6, 6.07) is 15.9. The highest BCUT2D eigenvalue weighted by atomic mass is 16.5. The van der Waals surface area contributed by atoms with Crippen molar-refractivity contribution in [2.24, 2.45) is 0 Å². The number of nitrogens with zero attached hydrogens (tertiary/aromatic N) is 3. The van der Waals surface area contributed by atoms with Gasteiger partial charge >= 0.3 is 0 Å². The lowest BCUT2D eigenvalue weighted by Crippen LogP contribution is -2.22. The fourth-order valence-electron chi connectivity index (χ4n) is 3.06. The molecular weight excluding hydrogens is 354 g/mol. The van der Waals surface area contributed by atoms with E-state index in [0.29, 0.717) is 37.3 Å². The summed E-state index contributed by atoms with van der Waals surface area (Å²) >= 11 is 0. The monoisotopic (exact) mass is 377 g/mol. The zero-order valence-electron chi connectivity index (χ0n) is 16.0. The average Bonchev–Trinajstić information content (AvgIpc) is 3.45. The van der Waals surface area contributed by atoms with E-state index in [0.717, 1.165) is 17.1 Å². The van der Waals surface area contributed by atoms with Crippen LogP contribution in [-0.2, 0) is 19.6 Å². The van der Waals surface area contributed by atoms with Gasteiger partial charge in [-0.05, 0) is 35.7 Å². The maximum absolute atomic E-state index is 5.50. The molecule has 0 radical (unpaired) electrons. The topological polar surface area (TPSA) is 68.4 Å². The molecule has 28 heavy (non-hydrogen) atoms. The van der Waals surface area contributed by atoms with Gasteiger partial charge in [-0.3, -0.25) is 4.90 Å². The van der Waals surface area contributed by atoms with Gasteiger partial charge in [0.2, 0.25) is 11.7 Å². The Balaban J connectivity index is 1.49. The molecular formula is C22H23N3O3. The number of aromatic nitrogens is 2. The lowest BCUT2D eigenvalue weighted by Gasteiger charge is -2.17. The molecule has 0 aliphatic carbocycles. The second-order valence-electron chi connectivity index (χ2n) is 7.09. The Hall–Kier alpha value is -3.12. The molecule has 0 saturated carbocycles. The summed E-state index contributed by atoms with van der Waals surface area (Å²) in [4.78, 5) is 6.71. The van der Waals surface area contributed by atoms with Crippen molar-refractivity contribution in [1.82, 2.24) is 15.0 Å². The van der Waals surface area contributed by atoms with Crippen LogP contribution in [0.1, 0.15) is 42.7 Å². The first kappa shape index (κ1) is 18.3. The third-order valence-electron chi connectivity index (χ3n) is 4.58. The molecule has 6 heteroatoms. The highest BCUT2D eigenvalue weighted by Gasteiger charge is 2.16. The van der Waals surface area contributed by atoms with Crippen molar-refractivity contribution in [3.05, 3.63) is 84.0 Å². The minimum atomic E-state index is 0.492. The summed E-state index contributed by atoms with van der Waals surface area (Å²) in [5, 5.41) is 4.15. The maximum Gasteiger partial charge on any atom is 0.241 e. The normalized spacial score (nSPS) is 11.6. The second kappa shape index (κ2) is 8.27. The molecule has 0 aliphatic rings. The Morgan fingerprint density at radius 2 is 1.50 bits per heavy atom. The summed E-state index contributed by atoms with van der Waals surface area (Å²) < 4.78 is 16.5. The Labute approximate surface area is 163 Å². The van der Waals surface area contributed by atoms with Gasteiger partial charge in [0.05, 0.1) is 32.2 Å². The fraction of sp³-hybridized carbons (Fsp3) is 0.273. The first-order valence-electron chi connectivity index (χ1n) is 9.37. The smallest absolute Gasteiger partial charge is 0.241 e. The summed E-state index contributed by atoms with van der Waals surface area (Å²) in [6.45, 7) is 6.09. The summed E-state index contributed by atoms with van der Waals surface area (Å²) in [5.74, 6) is 3.39. The van der Waals surface area contributed by atoms with Crippen LogP contribution in [0.2, 0.25) is 0 Å². The lowest BCUT2D eigenvalue weighted by atomic mass is 10.0. The minimum absolute atomic E-state index is 0.492. The number of benzene rings is 1. The van der Waals surface area contributed by atoms with E-state index in [4.69, 9.17) is 13.4 Å². The minimum Gasteiger partial charge on any atom is -0.468 e. The van der Waals surface area contributed by atoms with Crippen molar-refractivity contribution in [3.63, 3.8) is 0 Å². The Bertz CT molecular complexity index is 934. The SMILES string of the molecule is CC(C)c1ccc(-c2noc(CN(Cc3ccco3)Cc3ccco3)n2)cc1. The molecule has 0 N–H and O–H groups in total. The molecule has 4 rings (SSSR count). The predicted octanol–water partition coefficient (Wildman–Crippen LogP) is 5.25. The largest absolute Gasteiger partial charge is 0.468 e. The number of hydrogen-bond acceptors (Lipinski definition) is 6. The first-order chi connectivity index (χ1) is 13.7. The average molecular weight is 377 g/mol. The zero-order chi connectivity index (χ0) is 19.3. The Kier molecular flexibility index (Phi) is 5.39. The summed E-state index contributed by atoms with van der Waals surface area (Å²) in [6.07, 6.45) is 3.35. The summed E-state index contributed by atoms with van der Waals surface area (Å²) in [5.41, 5.74) is 2.23. The molecule has 0 amide bonds. The van der Waals surface area contributed by atoms with Crippen LogP contribution in [-0.4, -0.2) is 15.0 Å².